The molecule has 1 N–H and O–H groups in total. The molecular formula is C24H22IN3O5. The second kappa shape index (κ2) is 11.4. The molecule has 0 aliphatic carbocycles. The SMILES string of the molecule is CCOc1cc(/C=N\NC(=O)c2cccc([N+](=O)[O-])c2)cc(I)c1OCc1ccccc1C. The lowest BCUT2D eigenvalue weighted by molar-refractivity contribution is -0.384. The Hall–Kier alpha value is -3.47. The van der Waals surface area contributed by atoms with Crippen molar-refractivity contribution in [3.8, 4) is 11.5 Å². The molecule has 1 amide bonds. The van der Waals surface area contributed by atoms with Crippen LogP contribution in [0.2, 0.25) is 0 Å². The largest absolute Gasteiger partial charge is 0.490 e. The van der Waals surface area contributed by atoms with Gasteiger partial charge in [-0.15, -0.1) is 0 Å². The van der Waals surface area contributed by atoms with Gasteiger partial charge in [-0.1, -0.05) is 30.3 Å². The lowest BCUT2D eigenvalue weighted by atomic mass is 10.1. The molecule has 0 saturated heterocycles. The standard InChI is InChI=1S/C24H22IN3O5/c1-3-32-22-12-17(11-21(25)23(22)33-15-19-8-5-4-7-16(19)2)14-26-27-24(29)18-9-6-10-20(13-18)28(30)31/h4-14H,3,15H2,1-2H3,(H,27,29)/b26-14-. The summed E-state index contributed by atoms with van der Waals surface area (Å²) in [4.78, 5) is 22.6. The number of carbonyl (C=O) groups excluding carboxylic acids is 1. The van der Waals surface area contributed by atoms with Crippen molar-refractivity contribution in [1.82, 2.24) is 5.43 Å². The van der Waals surface area contributed by atoms with Crippen LogP contribution in [0.3, 0.4) is 0 Å². The summed E-state index contributed by atoms with van der Waals surface area (Å²) in [6, 6.07) is 17.1. The molecular weight excluding hydrogens is 537 g/mol. The number of hydrazone groups is 1. The molecule has 0 aliphatic heterocycles. The van der Waals surface area contributed by atoms with Gasteiger partial charge in [0.15, 0.2) is 11.5 Å². The number of aryl methyl sites for hydroxylation is 1. The summed E-state index contributed by atoms with van der Waals surface area (Å²) in [6.45, 7) is 4.79. The number of nitro benzene ring substituents is 1. The highest BCUT2D eigenvalue weighted by Crippen LogP contribution is 2.34. The summed E-state index contributed by atoms with van der Waals surface area (Å²) in [5.41, 5.74) is 5.30. The lowest BCUT2D eigenvalue weighted by Crippen LogP contribution is -2.17. The van der Waals surface area contributed by atoms with Gasteiger partial charge in [0.25, 0.3) is 11.6 Å². The molecule has 0 spiro atoms. The number of halogens is 1. The van der Waals surface area contributed by atoms with Gasteiger partial charge in [-0.05, 0) is 71.3 Å². The smallest absolute Gasteiger partial charge is 0.271 e. The number of hydrogen-bond donors (Lipinski definition) is 1. The third kappa shape index (κ3) is 6.51. The van der Waals surface area contributed by atoms with Crippen LogP contribution in [0.4, 0.5) is 5.69 Å². The summed E-state index contributed by atoms with van der Waals surface area (Å²) in [5, 5.41) is 14.9. The van der Waals surface area contributed by atoms with Crippen molar-refractivity contribution in [1.29, 1.82) is 0 Å². The Morgan fingerprint density at radius 2 is 1.94 bits per heavy atom. The van der Waals surface area contributed by atoms with Gasteiger partial charge in [-0.3, -0.25) is 14.9 Å². The van der Waals surface area contributed by atoms with Gasteiger partial charge < -0.3 is 9.47 Å². The van der Waals surface area contributed by atoms with E-state index in [1.54, 1.807) is 6.07 Å². The molecule has 0 aromatic heterocycles. The Morgan fingerprint density at radius 1 is 1.15 bits per heavy atom. The van der Waals surface area contributed by atoms with Crippen LogP contribution in [0.1, 0.15) is 34.0 Å². The molecule has 0 fully saturated rings. The topological polar surface area (TPSA) is 103 Å². The molecule has 8 nitrogen and oxygen atoms in total. The first-order valence-corrected chi connectivity index (χ1v) is 11.2. The Kier molecular flexibility index (Phi) is 8.36. The average molecular weight is 559 g/mol. The van der Waals surface area contributed by atoms with Crippen molar-refractivity contribution >= 4 is 40.4 Å². The zero-order valence-electron chi connectivity index (χ0n) is 18.1. The normalized spacial score (nSPS) is 10.8. The maximum Gasteiger partial charge on any atom is 0.271 e. The van der Waals surface area contributed by atoms with Gasteiger partial charge in [-0.25, -0.2) is 5.43 Å². The van der Waals surface area contributed by atoms with E-state index in [-0.39, 0.29) is 11.3 Å². The fourth-order valence-corrected chi connectivity index (χ4v) is 3.76. The number of nitrogens with zero attached hydrogens (tertiary/aromatic N) is 2. The molecule has 0 radical (unpaired) electrons. The summed E-state index contributed by atoms with van der Waals surface area (Å²) < 4.78 is 12.7. The molecule has 0 bridgehead atoms. The number of amides is 1. The van der Waals surface area contributed by atoms with Gasteiger partial charge >= 0.3 is 0 Å². The van der Waals surface area contributed by atoms with Gasteiger partial charge in [0.1, 0.15) is 6.61 Å². The average Bonchev–Trinajstić information content (AvgIpc) is 2.80. The highest BCUT2D eigenvalue weighted by molar-refractivity contribution is 14.1. The van der Waals surface area contributed by atoms with Gasteiger partial charge in [0.05, 0.1) is 21.3 Å². The highest BCUT2D eigenvalue weighted by atomic mass is 127. The van der Waals surface area contributed by atoms with E-state index in [0.717, 1.165) is 14.7 Å². The number of nitrogens with one attached hydrogen (secondary N) is 1. The zero-order valence-corrected chi connectivity index (χ0v) is 20.2. The van der Waals surface area contributed by atoms with Crippen molar-refractivity contribution < 1.29 is 19.2 Å². The van der Waals surface area contributed by atoms with Crippen LogP contribution in [0.15, 0.2) is 65.8 Å². The molecule has 3 rings (SSSR count). The Balaban J connectivity index is 1.73. The quantitative estimate of drug-likeness (QED) is 0.167. The Bertz CT molecular complexity index is 1200. The highest BCUT2D eigenvalue weighted by Gasteiger charge is 2.13. The maximum absolute atomic E-state index is 12.3. The van der Waals surface area contributed by atoms with Crippen molar-refractivity contribution in [3.05, 3.63) is 96.6 Å². The number of non-ortho nitro benzene ring substituents is 1. The number of benzene rings is 3. The van der Waals surface area contributed by atoms with Crippen LogP contribution in [0, 0.1) is 20.6 Å². The first-order chi connectivity index (χ1) is 15.9. The Labute approximate surface area is 204 Å². The Morgan fingerprint density at radius 3 is 2.67 bits per heavy atom. The maximum atomic E-state index is 12.3. The number of rotatable bonds is 9. The zero-order chi connectivity index (χ0) is 23.8. The van der Waals surface area contributed by atoms with Gasteiger partial charge in [-0.2, -0.15) is 5.10 Å². The molecule has 9 heteroatoms. The number of nitro groups is 1. The van der Waals surface area contributed by atoms with E-state index >= 15 is 0 Å². The van der Waals surface area contributed by atoms with Crippen molar-refractivity contribution in [2.24, 2.45) is 5.10 Å². The molecule has 0 saturated carbocycles. The van der Waals surface area contributed by atoms with Crippen molar-refractivity contribution in [3.63, 3.8) is 0 Å². The molecule has 0 unspecified atom stereocenters. The molecule has 3 aromatic rings. The molecule has 0 aliphatic rings. The third-order valence-corrected chi connectivity index (χ3v) is 5.47. The number of hydrogen-bond acceptors (Lipinski definition) is 6. The van der Waals surface area contributed by atoms with Crippen LogP contribution in [0.5, 0.6) is 11.5 Å². The minimum atomic E-state index is -0.556. The van der Waals surface area contributed by atoms with Crippen LogP contribution in [0.25, 0.3) is 0 Å². The second-order valence-corrected chi connectivity index (χ2v) is 8.15. The van der Waals surface area contributed by atoms with Crippen LogP contribution < -0.4 is 14.9 Å². The molecule has 3 aromatic carbocycles. The van der Waals surface area contributed by atoms with Gasteiger partial charge in [0, 0.05) is 17.7 Å². The predicted molar refractivity (Wildman–Crippen MR) is 134 cm³/mol. The summed E-state index contributed by atoms with van der Waals surface area (Å²) in [6.07, 6.45) is 1.48. The van der Waals surface area contributed by atoms with Crippen LogP contribution >= 0.6 is 22.6 Å². The van der Waals surface area contributed by atoms with Crippen LogP contribution in [-0.2, 0) is 6.61 Å². The molecule has 170 valence electrons. The molecule has 0 atom stereocenters. The minimum absolute atomic E-state index is 0.144. The predicted octanol–water partition coefficient (Wildman–Crippen LogP) is 5.25. The van der Waals surface area contributed by atoms with Crippen molar-refractivity contribution in [2.75, 3.05) is 6.61 Å². The van der Waals surface area contributed by atoms with E-state index in [4.69, 9.17) is 9.47 Å². The van der Waals surface area contributed by atoms with E-state index in [9.17, 15) is 14.9 Å². The number of ether oxygens (including phenoxy) is 2. The summed E-state index contributed by atoms with van der Waals surface area (Å²) in [5.74, 6) is 0.663. The fraction of sp³-hybridized carbons (Fsp3) is 0.167. The van der Waals surface area contributed by atoms with E-state index in [0.29, 0.717) is 30.3 Å². The lowest BCUT2D eigenvalue weighted by Gasteiger charge is -2.15. The minimum Gasteiger partial charge on any atom is -0.490 e. The number of carbonyl (C=O) groups is 1. The molecule has 0 heterocycles. The van der Waals surface area contributed by atoms with E-state index in [1.807, 2.05) is 44.2 Å². The first-order valence-electron chi connectivity index (χ1n) is 10.1. The second-order valence-electron chi connectivity index (χ2n) is 6.98. The van der Waals surface area contributed by atoms with Crippen LogP contribution in [-0.4, -0.2) is 23.7 Å². The summed E-state index contributed by atoms with van der Waals surface area (Å²) >= 11 is 2.17. The summed E-state index contributed by atoms with van der Waals surface area (Å²) in [7, 11) is 0. The van der Waals surface area contributed by atoms with Gasteiger partial charge in [0.2, 0.25) is 0 Å². The monoisotopic (exact) mass is 559 g/mol. The van der Waals surface area contributed by atoms with E-state index in [1.165, 1.54) is 30.5 Å². The van der Waals surface area contributed by atoms with E-state index < -0.39 is 10.8 Å². The fourth-order valence-electron chi connectivity index (χ4n) is 2.98. The van der Waals surface area contributed by atoms with Crippen molar-refractivity contribution in [2.45, 2.75) is 20.5 Å². The molecule has 33 heavy (non-hydrogen) atoms. The third-order valence-electron chi connectivity index (χ3n) is 4.66. The first kappa shape index (κ1) is 24.2. The van der Waals surface area contributed by atoms with E-state index in [2.05, 4.69) is 33.1 Å².